The van der Waals surface area contributed by atoms with Gasteiger partial charge < -0.3 is 25.2 Å². The number of hydrogen-bond acceptors (Lipinski definition) is 5. The van der Waals surface area contributed by atoms with Crippen molar-refractivity contribution in [2.24, 2.45) is 0 Å². The molecule has 2 atom stereocenters. The highest BCUT2D eigenvalue weighted by molar-refractivity contribution is 5.85. The van der Waals surface area contributed by atoms with Gasteiger partial charge in [0.2, 0.25) is 0 Å². The zero-order chi connectivity index (χ0) is 20.9. The minimum absolute atomic E-state index is 0. The molecule has 1 amide bonds. The smallest absolute Gasteiger partial charge is 0.406 e. The Labute approximate surface area is 185 Å². The molecule has 0 heterocycles. The first-order valence-electron chi connectivity index (χ1n) is 10.1. The van der Waals surface area contributed by atoms with E-state index in [2.05, 4.69) is 46.6 Å². The third-order valence-electron chi connectivity index (χ3n) is 4.64. The SMILES string of the molecule is COC(=O)NCCc1ccc(OCC(O)CNC(C)CCc2ccccc2)cc1.Cl. The van der Waals surface area contributed by atoms with Crippen LogP contribution in [0.2, 0.25) is 0 Å². The van der Waals surface area contributed by atoms with Gasteiger partial charge in [0.1, 0.15) is 18.5 Å². The second-order valence-corrected chi connectivity index (χ2v) is 7.11. The maximum atomic E-state index is 11.0. The van der Waals surface area contributed by atoms with Crippen molar-refractivity contribution in [1.82, 2.24) is 10.6 Å². The normalized spacial score (nSPS) is 12.4. The average Bonchev–Trinajstić information content (AvgIpc) is 2.76. The number of aliphatic hydroxyl groups excluding tert-OH is 1. The highest BCUT2D eigenvalue weighted by atomic mass is 35.5. The number of benzene rings is 2. The van der Waals surface area contributed by atoms with E-state index >= 15 is 0 Å². The van der Waals surface area contributed by atoms with E-state index < -0.39 is 12.2 Å². The Morgan fingerprint density at radius 3 is 2.37 bits per heavy atom. The molecule has 2 rings (SSSR count). The summed E-state index contributed by atoms with van der Waals surface area (Å²) in [6.45, 7) is 3.37. The number of carbonyl (C=O) groups excluding carboxylic acids is 1. The zero-order valence-electron chi connectivity index (χ0n) is 17.7. The van der Waals surface area contributed by atoms with Gasteiger partial charge in [0, 0.05) is 19.1 Å². The van der Waals surface area contributed by atoms with Crippen molar-refractivity contribution >= 4 is 18.5 Å². The molecule has 6 nitrogen and oxygen atoms in total. The quantitative estimate of drug-likeness (QED) is 0.475. The molecular formula is C23H33ClN2O4. The van der Waals surface area contributed by atoms with Crippen LogP contribution in [0.4, 0.5) is 4.79 Å². The second kappa shape index (κ2) is 14.7. The molecular weight excluding hydrogens is 404 g/mol. The van der Waals surface area contributed by atoms with E-state index in [1.165, 1.54) is 12.7 Å². The third kappa shape index (κ3) is 10.5. The number of halogens is 1. The van der Waals surface area contributed by atoms with Crippen LogP contribution >= 0.6 is 12.4 Å². The van der Waals surface area contributed by atoms with Crippen LogP contribution in [-0.4, -0.2) is 50.2 Å². The molecule has 0 fully saturated rings. The molecule has 0 aliphatic heterocycles. The molecule has 0 aliphatic rings. The fraction of sp³-hybridized carbons (Fsp3) is 0.435. The van der Waals surface area contributed by atoms with Crippen molar-refractivity contribution in [3.8, 4) is 5.75 Å². The molecule has 0 bridgehead atoms. The maximum Gasteiger partial charge on any atom is 0.406 e. The lowest BCUT2D eigenvalue weighted by Crippen LogP contribution is -2.36. The first-order valence-corrected chi connectivity index (χ1v) is 10.1. The van der Waals surface area contributed by atoms with Gasteiger partial charge in [-0.2, -0.15) is 0 Å². The molecule has 0 saturated carbocycles. The number of carbonyl (C=O) groups is 1. The monoisotopic (exact) mass is 436 g/mol. The fourth-order valence-corrected chi connectivity index (χ4v) is 2.85. The van der Waals surface area contributed by atoms with Crippen LogP contribution in [0.1, 0.15) is 24.5 Å². The van der Waals surface area contributed by atoms with Crippen molar-refractivity contribution in [2.45, 2.75) is 38.3 Å². The van der Waals surface area contributed by atoms with Gasteiger partial charge in [-0.15, -0.1) is 12.4 Å². The van der Waals surface area contributed by atoms with Crippen molar-refractivity contribution in [3.05, 3.63) is 65.7 Å². The fourth-order valence-electron chi connectivity index (χ4n) is 2.85. The van der Waals surface area contributed by atoms with Crippen molar-refractivity contribution in [2.75, 3.05) is 26.8 Å². The van der Waals surface area contributed by atoms with E-state index in [0.29, 0.717) is 31.3 Å². The maximum absolute atomic E-state index is 11.0. The van der Waals surface area contributed by atoms with Crippen LogP contribution in [0.5, 0.6) is 5.75 Å². The minimum atomic E-state index is -0.571. The Balaban J connectivity index is 0.00000450. The molecule has 0 saturated heterocycles. The molecule has 0 aliphatic carbocycles. The van der Waals surface area contributed by atoms with E-state index in [1.807, 2.05) is 30.3 Å². The number of hydrogen-bond donors (Lipinski definition) is 3. The highest BCUT2D eigenvalue weighted by Crippen LogP contribution is 2.13. The van der Waals surface area contributed by atoms with Crippen molar-refractivity contribution in [3.63, 3.8) is 0 Å². The van der Waals surface area contributed by atoms with E-state index in [0.717, 1.165) is 18.4 Å². The molecule has 3 N–H and O–H groups in total. The zero-order valence-corrected chi connectivity index (χ0v) is 18.5. The number of aryl methyl sites for hydroxylation is 1. The predicted molar refractivity (Wildman–Crippen MR) is 122 cm³/mol. The largest absolute Gasteiger partial charge is 0.491 e. The van der Waals surface area contributed by atoms with Gasteiger partial charge >= 0.3 is 6.09 Å². The Morgan fingerprint density at radius 1 is 1.03 bits per heavy atom. The van der Waals surface area contributed by atoms with Gasteiger partial charge in [0.15, 0.2) is 0 Å². The van der Waals surface area contributed by atoms with Gasteiger partial charge in [0.05, 0.1) is 7.11 Å². The average molecular weight is 437 g/mol. The van der Waals surface area contributed by atoms with Crippen LogP contribution in [0.25, 0.3) is 0 Å². The van der Waals surface area contributed by atoms with E-state index in [9.17, 15) is 9.90 Å². The number of aliphatic hydroxyl groups is 1. The molecule has 0 aromatic heterocycles. The lowest BCUT2D eigenvalue weighted by molar-refractivity contribution is 0.104. The Bertz CT molecular complexity index is 713. The number of ether oxygens (including phenoxy) is 2. The topological polar surface area (TPSA) is 79.8 Å². The molecule has 166 valence electrons. The van der Waals surface area contributed by atoms with E-state index in [1.54, 1.807) is 0 Å². The molecule has 30 heavy (non-hydrogen) atoms. The number of methoxy groups -OCH3 is 1. The summed E-state index contributed by atoms with van der Waals surface area (Å²) in [4.78, 5) is 11.0. The summed E-state index contributed by atoms with van der Waals surface area (Å²) >= 11 is 0. The van der Waals surface area contributed by atoms with E-state index in [4.69, 9.17) is 4.74 Å². The van der Waals surface area contributed by atoms with Gasteiger partial charge in [-0.1, -0.05) is 42.5 Å². The highest BCUT2D eigenvalue weighted by Gasteiger charge is 2.09. The molecule has 2 aromatic carbocycles. The third-order valence-corrected chi connectivity index (χ3v) is 4.64. The van der Waals surface area contributed by atoms with Crippen LogP contribution in [-0.2, 0) is 17.6 Å². The second-order valence-electron chi connectivity index (χ2n) is 7.11. The minimum Gasteiger partial charge on any atom is -0.491 e. The van der Waals surface area contributed by atoms with Crippen LogP contribution < -0.4 is 15.4 Å². The molecule has 0 radical (unpaired) electrons. The molecule has 0 spiro atoms. The van der Waals surface area contributed by atoms with Gasteiger partial charge in [-0.25, -0.2) is 4.79 Å². The Kier molecular flexibility index (Phi) is 12.6. The predicted octanol–water partition coefficient (Wildman–Crippen LogP) is 3.36. The van der Waals surface area contributed by atoms with Crippen LogP contribution in [0.15, 0.2) is 54.6 Å². The summed E-state index contributed by atoms with van der Waals surface area (Å²) in [6, 6.07) is 18.4. The van der Waals surface area contributed by atoms with Gasteiger partial charge in [-0.05, 0) is 49.4 Å². The van der Waals surface area contributed by atoms with Crippen LogP contribution in [0, 0.1) is 0 Å². The molecule has 2 aromatic rings. The van der Waals surface area contributed by atoms with Crippen molar-refractivity contribution < 1.29 is 19.4 Å². The lowest BCUT2D eigenvalue weighted by Gasteiger charge is -2.18. The first kappa shape index (κ1) is 25.8. The lowest BCUT2D eigenvalue weighted by atomic mass is 10.1. The number of amides is 1. The van der Waals surface area contributed by atoms with Crippen LogP contribution in [0.3, 0.4) is 0 Å². The number of rotatable bonds is 12. The van der Waals surface area contributed by atoms with Gasteiger partial charge in [0.25, 0.3) is 0 Å². The summed E-state index contributed by atoms with van der Waals surface area (Å²) in [6.07, 6.45) is 1.75. The standard InChI is InChI=1S/C23H32N2O4.ClH/c1-18(8-9-19-6-4-3-5-7-19)25-16-21(26)17-29-22-12-10-20(11-13-22)14-15-24-23(27)28-2;/h3-7,10-13,18,21,25-26H,8-9,14-17H2,1-2H3,(H,24,27);1H. The molecule has 7 heteroatoms. The first-order chi connectivity index (χ1) is 14.1. The summed E-state index contributed by atoms with van der Waals surface area (Å²) in [7, 11) is 1.34. The number of nitrogens with one attached hydrogen (secondary N) is 2. The Morgan fingerprint density at radius 2 is 1.70 bits per heavy atom. The summed E-state index contributed by atoms with van der Waals surface area (Å²) in [5.74, 6) is 0.714. The summed E-state index contributed by atoms with van der Waals surface area (Å²) in [5.41, 5.74) is 2.41. The summed E-state index contributed by atoms with van der Waals surface area (Å²) in [5, 5.41) is 16.2. The van der Waals surface area contributed by atoms with E-state index in [-0.39, 0.29) is 19.0 Å². The summed E-state index contributed by atoms with van der Waals surface area (Å²) < 4.78 is 10.2. The van der Waals surface area contributed by atoms with Crippen molar-refractivity contribution in [1.29, 1.82) is 0 Å². The molecule has 2 unspecified atom stereocenters. The number of alkyl carbamates (subject to hydrolysis) is 1. The Hall–Kier alpha value is -2.28. The van der Waals surface area contributed by atoms with Gasteiger partial charge in [-0.3, -0.25) is 0 Å².